The lowest BCUT2D eigenvalue weighted by molar-refractivity contribution is -0.128. The SMILES string of the molecule is O=C(C=Cc1cccs1)Oc1ccccc1C=CC(=O)c1cc2ccccc2o1. The Hall–Kier alpha value is -3.70. The van der Waals surface area contributed by atoms with Gasteiger partial charge in [-0.3, -0.25) is 4.79 Å². The zero-order valence-electron chi connectivity index (χ0n) is 15.3. The van der Waals surface area contributed by atoms with Crippen LogP contribution in [0.4, 0.5) is 0 Å². The smallest absolute Gasteiger partial charge is 0.336 e. The lowest BCUT2D eigenvalue weighted by atomic mass is 10.1. The summed E-state index contributed by atoms with van der Waals surface area (Å²) in [7, 11) is 0. The number of esters is 1. The topological polar surface area (TPSA) is 56.5 Å². The highest BCUT2D eigenvalue weighted by molar-refractivity contribution is 7.10. The number of fused-ring (bicyclic) bond motifs is 1. The van der Waals surface area contributed by atoms with Crippen molar-refractivity contribution in [1.29, 1.82) is 0 Å². The Morgan fingerprint density at radius 3 is 2.55 bits per heavy atom. The van der Waals surface area contributed by atoms with Gasteiger partial charge in [0.05, 0.1) is 0 Å². The molecule has 0 bridgehead atoms. The van der Waals surface area contributed by atoms with Crippen LogP contribution in [0.5, 0.6) is 5.75 Å². The van der Waals surface area contributed by atoms with Gasteiger partial charge in [0.25, 0.3) is 0 Å². The second-order valence-corrected chi connectivity index (χ2v) is 7.13. The van der Waals surface area contributed by atoms with Gasteiger partial charge in [0.2, 0.25) is 5.78 Å². The van der Waals surface area contributed by atoms with E-state index in [4.69, 9.17) is 9.15 Å². The molecule has 0 atom stereocenters. The number of allylic oxidation sites excluding steroid dienone is 1. The fraction of sp³-hybridized carbons (Fsp3) is 0. The second kappa shape index (κ2) is 8.54. The first-order chi connectivity index (χ1) is 14.2. The van der Waals surface area contributed by atoms with Crippen LogP contribution in [0.3, 0.4) is 0 Å². The van der Waals surface area contributed by atoms with Gasteiger partial charge in [-0.2, -0.15) is 0 Å². The quantitative estimate of drug-likeness (QED) is 0.172. The molecule has 4 rings (SSSR count). The van der Waals surface area contributed by atoms with Crippen LogP contribution in [0.15, 0.2) is 88.7 Å². The number of furan rings is 1. The summed E-state index contributed by atoms with van der Waals surface area (Å²) in [6, 6.07) is 20.0. The Morgan fingerprint density at radius 2 is 1.72 bits per heavy atom. The molecule has 4 nitrogen and oxygen atoms in total. The summed E-state index contributed by atoms with van der Waals surface area (Å²) in [4.78, 5) is 25.5. The van der Waals surface area contributed by atoms with E-state index in [1.54, 1.807) is 36.4 Å². The number of rotatable bonds is 6. The zero-order valence-corrected chi connectivity index (χ0v) is 16.1. The highest BCUT2D eigenvalue weighted by Gasteiger charge is 2.10. The van der Waals surface area contributed by atoms with Crippen LogP contribution < -0.4 is 4.74 Å². The van der Waals surface area contributed by atoms with Crippen molar-refractivity contribution in [2.45, 2.75) is 0 Å². The second-order valence-electron chi connectivity index (χ2n) is 6.15. The molecular formula is C24H16O4S. The Kier molecular flexibility index (Phi) is 5.49. The Balaban J connectivity index is 1.48. The number of ether oxygens (including phenoxy) is 1. The van der Waals surface area contributed by atoms with E-state index in [0.717, 1.165) is 10.3 Å². The van der Waals surface area contributed by atoms with Gasteiger partial charge in [-0.15, -0.1) is 11.3 Å². The van der Waals surface area contributed by atoms with Crippen LogP contribution in [0.1, 0.15) is 21.0 Å². The summed E-state index contributed by atoms with van der Waals surface area (Å²) in [6.45, 7) is 0. The molecule has 0 unspecified atom stereocenters. The van der Waals surface area contributed by atoms with E-state index in [1.807, 2.05) is 47.8 Å². The van der Waals surface area contributed by atoms with Crippen molar-refractivity contribution in [3.05, 3.63) is 100 Å². The molecular weight excluding hydrogens is 384 g/mol. The number of carbonyl (C=O) groups is 2. The maximum Gasteiger partial charge on any atom is 0.336 e. The van der Waals surface area contributed by atoms with E-state index in [9.17, 15) is 9.59 Å². The van der Waals surface area contributed by atoms with Gasteiger partial charge in [0.15, 0.2) is 5.76 Å². The summed E-state index contributed by atoms with van der Waals surface area (Å²) in [5.74, 6) is -0.111. The first-order valence-electron chi connectivity index (χ1n) is 8.92. The predicted octanol–water partition coefficient (Wildman–Crippen LogP) is 6.01. The van der Waals surface area contributed by atoms with Crippen molar-refractivity contribution in [2.24, 2.45) is 0 Å². The first kappa shape index (κ1) is 18.7. The highest BCUT2D eigenvalue weighted by Crippen LogP contribution is 2.22. The molecule has 0 spiro atoms. The normalized spacial score (nSPS) is 11.4. The Labute approximate surface area is 171 Å². The van der Waals surface area contributed by atoms with Crippen molar-refractivity contribution >= 4 is 46.2 Å². The lowest BCUT2D eigenvalue weighted by Gasteiger charge is -2.05. The van der Waals surface area contributed by atoms with Gasteiger partial charge in [-0.1, -0.05) is 42.5 Å². The van der Waals surface area contributed by atoms with Gasteiger partial charge in [-0.25, -0.2) is 4.79 Å². The monoisotopic (exact) mass is 400 g/mol. The van der Waals surface area contributed by atoms with Crippen LogP contribution >= 0.6 is 11.3 Å². The minimum absolute atomic E-state index is 0.260. The van der Waals surface area contributed by atoms with E-state index < -0.39 is 5.97 Å². The predicted molar refractivity (Wildman–Crippen MR) is 115 cm³/mol. The molecule has 0 saturated heterocycles. The molecule has 29 heavy (non-hydrogen) atoms. The summed E-state index contributed by atoms with van der Waals surface area (Å²) in [6.07, 6.45) is 6.11. The number of hydrogen-bond acceptors (Lipinski definition) is 5. The fourth-order valence-corrected chi connectivity index (χ4v) is 3.36. The van der Waals surface area contributed by atoms with Crippen LogP contribution in [0.2, 0.25) is 0 Å². The average molecular weight is 400 g/mol. The molecule has 0 fully saturated rings. The Morgan fingerprint density at radius 1 is 0.897 bits per heavy atom. The van der Waals surface area contributed by atoms with E-state index in [-0.39, 0.29) is 11.5 Å². The molecule has 0 amide bonds. The van der Waals surface area contributed by atoms with Gasteiger partial charge in [0.1, 0.15) is 11.3 Å². The third-order valence-corrected chi connectivity index (χ3v) is 4.98. The number of para-hydroxylation sites is 2. The van der Waals surface area contributed by atoms with E-state index in [2.05, 4.69) is 0 Å². The summed E-state index contributed by atoms with van der Waals surface area (Å²) in [5.41, 5.74) is 1.28. The number of benzene rings is 2. The summed E-state index contributed by atoms with van der Waals surface area (Å²) < 4.78 is 11.0. The van der Waals surface area contributed by atoms with Gasteiger partial charge < -0.3 is 9.15 Å². The third-order valence-electron chi connectivity index (χ3n) is 4.14. The van der Waals surface area contributed by atoms with E-state index in [0.29, 0.717) is 16.9 Å². The van der Waals surface area contributed by atoms with Crippen molar-refractivity contribution < 1.29 is 18.7 Å². The highest BCUT2D eigenvalue weighted by atomic mass is 32.1. The van der Waals surface area contributed by atoms with Crippen molar-refractivity contribution in [2.75, 3.05) is 0 Å². The molecule has 0 radical (unpaired) electrons. The maximum absolute atomic E-state index is 12.5. The van der Waals surface area contributed by atoms with Crippen LogP contribution in [-0.4, -0.2) is 11.8 Å². The molecule has 5 heteroatoms. The average Bonchev–Trinajstić information content (AvgIpc) is 3.41. The molecule has 0 aliphatic carbocycles. The molecule has 2 heterocycles. The van der Waals surface area contributed by atoms with Crippen LogP contribution in [-0.2, 0) is 4.79 Å². The van der Waals surface area contributed by atoms with E-state index >= 15 is 0 Å². The molecule has 0 N–H and O–H groups in total. The minimum Gasteiger partial charge on any atom is -0.453 e. The number of thiophene rings is 1. The zero-order chi connectivity index (χ0) is 20.1. The molecule has 2 aromatic heterocycles. The molecule has 2 aromatic carbocycles. The van der Waals surface area contributed by atoms with Gasteiger partial charge >= 0.3 is 5.97 Å². The van der Waals surface area contributed by atoms with Crippen molar-refractivity contribution in [3.63, 3.8) is 0 Å². The van der Waals surface area contributed by atoms with Crippen molar-refractivity contribution in [3.8, 4) is 5.75 Å². The molecule has 0 aliphatic rings. The standard InChI is InChI=1S/C24H16O4S/c25-20(23-16-18-7-2-4-10-22(18)27-23)13-11-17-6-1-3-9-21(17)28-24(26)14-12-19-8-5-15-29-19/h1-16H. The first-order valence-corrected chi connectivity index (χ1v) is 9.80. The summed E-state index contributed by atoms with van der Waals surface area (Å²) in [5, 5.41) is 2.81. The minimum atomic E-state index is -0.483. The summed E-state index contributed by atoms with van der Waals surface area (Å²) >= 11 is 1.53. The van der Waals surface area contributed by atoms with Crippen molar-refractivity contribution in [1.82, 2.24) is 0 Å². The van der Waals surface area contributed by atoms with Gasteiger partial charge in [0, 0.05) is 21.9 Å². The van der Waals surface area contributed by atoms with Crippen LogP contribution in [0, 0.1) is 0 Å². The lowest BCUT2D eigenvalue weighted by Crippen LogP contribution is -2.04. The molecule has 0 saturated carbocycles. The van der Waals surface area contributed by atoms with E-state index in [1.165, 1.54) is 23.5 Å². The Bertz CT molecular complexity index is 1180. The fourth-order valence-electron chi connectivity index (χ4n) is 2.74. The number of ketones is 1. The molecule has 142 valence electrons. The van der Waals surface area contributed by atoms with Gasteiger partial charge in [-0.05, 0) is 47.9 Å². The molecule has 0 aliphatic heterocycles. The largest absolute Gasteiger partial charge is 0.453 e. The third kappa shape index (κ3) is 4.59. The maximum atomic E-state index is 12.5. The van der Waals surface area contributed by atoms with Crippen LogP contribution in [0.25, 0.3) is 23.1 Å². The number of carbonyl (C=O) groups excluding carboxylic acids is 2. The number of hydrogen-bond donors (Lipinski definition) is 0. The molecule has 4 aromatic rings.